The maximum absolute atomic E-state index is 13.3. The number of benzene rings is 2. The highest BCUT2D eigenvalue weighted by Gasteiger charge is 2.36. The van der Waals surface area contributed by atoms with Crippen molar-refractivity contribution in [1.82, 2.24) is 14.2 Å². The number of amides is 1. The molecular weight excluding hydrogens is 504 g/mol. The molecule has 0 radical (unpaired) electrons. The Bertz CT molecular complexity index is 1350. The van der Waals surface area contributed by atoms with Crippen LogP contribution in [0.25, 0.3) is 10.2 Å². The molecule has 2 aromatic carbocycles. The number of halogens is 1. The van der Waals surface area contributed by atoms with Crippen LogP contribution in [0.1, 0.15) is 24.0 Å². The van der Waals surface area contributed by atoms with Gasteiger partial charge in [-0.15, -0.1) is 0 Å². The van der Waals surface area contributed by atoms with Gasteiger partial charge in [0.1, 0.15) is 0 Å². The smallest absolute Gasteiger partial charge is 0.243 e. The molecule has 0 aliphatic carbocycles. The molecule has 10 heteroatoms. The molecule has 0 saturated carbocycles. The molecule has 35 heavy (non-hydrogen) atoms. The Balaban J connectivity index is 1.23. The zero-order valence-corrected chi connectivity index (χ0v) is 22.3. The van der Waals surface area contributed by atoms with Crippen LogP contribution in [-0.4, -0.2) is 67.8 Å². The normalized spacial score (nSPS) is 19.9. The van der Waals surface area contributed by atoms with E-state index in [1.807, 2.05) is 4.90 Å². The van der Waals surface area contributed by atoms with Crippen LogP contribution in [0.5, 0.6) is 0 Å². The van der Waals surface area contributed by atoms with Gasteiger partial charge in [-0.05, 0) is 68.1 Å². The van der Waals surface area contributed by atoms with Gasteiger partial charge in [-0.25, -0.2) is 13.4 Å². The number of piperidine rings is 1. The zero-order valence-electron chi connectivity index (χ0n) is 19.9. The minimum Gasteiger partial charge on any atom is -0.345 e. The van der Waals surface area contributed by atoms with Gasteiger partial charge in [-0.1, -0.05) is 29.0 Å². The molecule has 2 aliphatic heterocycles. The van der Waals surface area contributed by atoms with Crippen LogP contribution >= 0.6 is 22.9 Å². The van der Waals surface area contributed by atoms with Crippen molar-refractivity contribution in [3.8, 4) is 0 Å². The number of piperazine rings is 1. The van der Waals surface area contributed by atoms with Crippen molar-refractivity contribution in [3.05, 3.63) is 52.5 Å². The zero-order chi connectivity index (χ0) is 24.7. The molecule has 3 aromatic rings. The maximum Gasteiger partial charge on any atom is 0.243 e. The predicted octanol–water partition coefficient (Wildman–Crippen LogP) is 4.32. The summed E-state index contributed by atoms with van der Waals surface area (Å²) in [5, 5.41) is 1.49. The van der Waals surface area contributed by atoms with Gasteiger partial charge in [0.2, 0.25) is 15.9 Å². The number of aryl methyl sites for hydroxylation is 2. The fourth-order valence-corrected chi connectivity index (χ4v) is 7.83. The minimum atomic E-state index is -3.65. The first-order valence-corrected chi connectivity index (χ1v) is 14.5. The van der Waals surface area contributed by atoms with E-state index in [1.54, 1.807) is 23.5 Å². The van der Waals surface area contributed by atoms with E-state index in [0.29, 0.717) is 37.5 Å². The first-order chi connectivity index (χ1) is 16.7. The molecule has 0 spiro atoms. The second kappa shape index (κ2) is 9.69. The van der Waals surface area contributed by atoms with E-state index in [1.165, 1.54) is 32.3 Å². The molecule has 1 unspecified atom stereocenters. The molecule has 3 heterocycles. The van der Waals surface area contributed by atoms with Crippen molar-refractivity contribution in [2.75, 3.05) is 44.2 Å². The van der Waals surface area contributed by atoms with E-state index < -0.39 is 10.0 Å². The van der Waals surface area contributed by atoms with Gasteiger partial charge in [-0.2, -0.15) is 4.31 Å². The summed E-state index contributed by atoms with van der Waals surface area (Å²) < 4.78 is 28.9. The molecule has 1 aromatic heterocycles. The van der Waals surface area contributed by atoms with Crippen LogP contribution in [0.15, 0.2) is 41.3 Å². The van der Waals surface area contributed by atoms with E-state index >= 15 is 0 Å². The Morgan fingerprint density at radius 1 is 1.06 bits per heavy atom. The number of anilines is 1. The van der Waals surface area contributed by atoms with Crippen molar-refractivity contribution in [3.63, 3.8) is 0 Å². The largest absolute Gasteiger partial charge is 0.345 e. The van der Waals surface area contributed by atoms with Crippen LogP contribution in [0, 0.1) is 19.8 Å². The molecule has 186 valence electrons. The van der Waals surface area contributed by atoms with Crippen LogP contribution < -0.4 is 4.90 Å². The lowest BCUT2D eigenvalue weighted by Gasteiger charge is -2.38. The lowest BCUT2D eigenvalue weighted by molar-refractivity contribution is -0.137. The molecule has 5 rings (SSSR count). The summed E-state index contributed by atoms with van der Waals surface area (Å²) in [6, 6.07) is 10.5. The number of nitrogens with zero attached hydrogens (tertiary/aromatic N) is 4. The monoisotopic (exact) mass is 532 g/mol. The van der Waals surface area contributed by atoms with Crippen molar-refractivity contribution >= 4 is 54.2 Å². The van der Waals surface area contributed by atoms with Crippen molar-refractivity contribution in [2.45, 2.75) is 31.6 Å². The molecule has 1 amide bonds. The van der Waals surface area contributed by atoms with Crippen molar-refractivity contribution in [2.24, 2.45) is 5.92 Å². The number of hydrogen-bond donors (Lipinski definition) is 0. The first-order valence-electron chi connectivity index (χ1n) is 11.9. The fourth-order valence-electron chi connectivity index (χ4n) is 4.99. The topological polar surface area (TPSA) is 73.8 Å². The van der Waals surface area contributed by atoms with Crippen LogP contribution in [-0.2, 0) is 14.8 Å². The number of fused-ring (bicyclic) bond motifs is 1. The van der Waals surface area contributed by atoms with Crippen molar-refractivity contribution < 1.29 is 13.2 Å². The number of rotatable bonds is 4. The van der Waals surface area contributed by atoms with Gasteiger partial charge in [0.15, 0.2) is 5.13 Å². The third kappa shape index (κ3) is 4.91. The summed E-state index contributed by atoms with van der Waals surface area (Å²) in [5.41, 5.74) is 3.48. The summed E-state index contributed by atoms with van der Waals surface area (Å²) in [6.07, 6.45) is 1.38. The highest BCUT2D eigenvalue weighted by atomic mass is 35.5. The SMILES string of the molecule is Cc1cc(C)c2nc(N3CCN(C(=O)C4CCCN(S(=O)(=O)c5ccc(Cl)cc5)C4)CC3)sc2c1. The average Bonchev–Trinajstić information content (AvgIpc) is 3.28. The second-order valence-electron chi connectivity index (χ2n) is 9.39. The van der Waals surface area contributed by atoms with Crippen LogP contribution in [0.4, 0.5) is 5.13 Å². The number of sulfonamides is 1. The molecular formula is C25H29ClN4O3S2. The number of carbonyl (C=O) groups excluding carboxylic acids is 1. The number of aromatic nitrogens is 1. The van der Waals surface area contributed by atoms with Crippen molar-refractivity contribution in [1.29, 1.82) is 0 Å². The Hall–Kier alpha value is -2.20. The number of carbonyl (C=O) groups is 1. The quantitative estimate of drug-likeness (QED) is 0.500. The summed E-state index contributed by atoms with van der Waals surface area (Å²) in [6.45, 7) is 7.53. The van der Waals surface area contributed by atoms with E-state index in [0.717, 1.165) is 23.7 Å². The first kappa shape index (κ1) is 24.5. The van der Waals surface area contributed by atoms with E-state index in [2.05, 4.69) is 30.9 Å². The van der Waals surface area contributed by atoms with E-state index in [4.69, 9.17) is 16.6 Å². The van der Waals surface area contributed by atoms with Gasteiger partial charge >= 0.3 is 0 Å². The summed E-state index contributed by atoms with van der Waals surface area (Å²) >= 11 is 7.62. The lowest BCUT2D eigenvalue weighted by Crippen LogP contribution is -2.53. The van der Waals surface area contributed by atoms with Gasteiger partial charge in [0.05, 0.1) is 21.0 Å². The third-order valence-electron chi connectivity index (χ3n) is 6.87. The molecule has 0 bridgehead atoms. The van der Waals surface area contributed by atoms with Gasteiger partial charge in [0, 0.05) is 44.3 Å². The van der Waals surface area contributed by atoms with Crippen LogP contribution in [0.2, 0.25) is 5.02 Å². The van der Waals surface area contributed by atoms with E-state index in [9.17, 15) is 13.2 Å². The highest BCUT2D eigenvalue weighted by molar-refractivity contribution is 7.89. The Labute approximate surface area is 215 Å². The molecule has 2 aliphatic rings. The molecule has 1 atom stereocenters. The van der Waals surface area contributed by atoms with Gasteiger partial charge in [0.25, 0.3) is 0 Å². The number of thiazole rings is 1. The van der Waals surface area contributed by atoms with Gasteiger partial charge < -0.3 is 9.80 Å². The Morgan fingerprint density at radius 2 is 1.77 bits per heavy atom. The minimum absolute atomic E-state index is 0.0522. The summed E-state index contributed by atoms with van der Waals surface area (Å²) in [4.78, 5) is 22.6. The summed E-state index contributed by atoms with van der Waals surface area (Å²) in [7, 11) is -3.65. The third-order valence-corrected chi connectivity index (χ3v) is 10.1. The lowest BCUT2D eigenvalue weighted by atomic mass is 9.98. The van der Waals surface area contributed by atoms with E-state index in [-0.39, 0.29) is 23.3 Å². The predicted molar refractivity (Wildman–Crippen MR) is 141 cm³/mol. The standard InChI is InChI=1S/C25H29ClN4O3S2/c1-17-14-18(2)23-22(15-17)34-25(27-23)29-12-10-28(11-13-29)24(31)19-4-3-9-30(16-19)35(32,33)21-7-5-20(26)6-8-21/h5-8,14-15,19H,3-4,9-13,16H2,1-2H3. The van der Waals surface area contributed by atoms with Crippen LogP contribution in [0.3, 0.4) is 0 Å². The average molecular weight is 533 g/mol. The summed E-state index contributed by atoms with van der Waals surface area (Å²) in [5.74, 6) is -0.262. The molecule has 7 nitrogen and oxygen atoms in total. The van der Waals surface area contributed by atoms with Gasteiger partial charge in [-0.3, -0.25) is 4.79 Å². The fraction of sp³-hybridized carbons (Fsp3) is 0.440. The molecule has 2 fully saturated rings. The molecule has 2 saturated heterocycles. The Morgan fingerprint density at radius 3 is 2.49 bits per heavy atom. The maximum atomic E-state index is 13.3. The Kier molecular flexibility index (Phi) is 6.78. The molecule has 0 N–H and O–H groups in total. The highest BCUT2D eigenvalue weighted by Crippen LogP contribution is 2.32. The number of hydrogen-bond acceptors (Lipinski definition) is 6. The second-order valence-corrected chi connectivity index (χ2v) is 12.8.